The second-order valence-corrected chi connectivity index (χ2v) is 7.00. The number of nitrogens with one attached hydrogen (secondary N) is 1. The number of hydrogen-bond acceptors (Lipinski definition) is 1. The number of rotatable bonds is 4. The molecule has 0 amide bonds. The molecule has 1 saturated carbocycles. The van der Waals surface area contributed by atoms with Crippen molar-refractivity contribution in [3.8, 4) is 0 Å². The van der Waals surface area contributed by atoms with Crippen molar-refractivity contribution in [3.63, 3.8) is 0 Å². The number of hydrogen-bond donors (Lipinski definition) is 1. The van der Waals surface area contributed by atoms with Gasteiger partial charge < -0.3 is 5.32 Å². The Balaban J connectivity index is 1.65. The third kappa shape index (κ3) is 2.66. The molecule has 0 aromatic heterocycles. The van der Waals surface area contributed by atoms with Crippen molar-refractivity contribution in [2.45, 2.75) is 38.8 Å². The maximum absolute atomic E-state index is 3.80. The van der Waals surface area contributed by atoms with E-state index in [0.717, 1.165) is 17.8 Å². The third-order valence-electron chi connectivity index (χ3n) is 4.86. The van der Waals surface area contributed by atoms with Gasteiger partial charge in [0.1, 0.15) is 0 Å². The van der Waals surface area contributed by atoms with Crippen LogP contribution >= 0.6 is 15.9 Å². The summed E-state index contributed by atoms with van der Waals surface area (Å²) in [7, 11) is 0. The maximum atomic E-state index is 3.80. The van der Waals surface area contributed by atoms with Crippen molar-refractivity contribution < 1.29 is 0 Å². The van der Waals surface area contributed by atoms with Crippen molar-refractivity contribution in [2.75, 3.05) is 0 Å². The van der Waals surface area contributed by atoms with Gasteiger partial charge in [0.15, 0.2) is 0 Å². The molecule has 2 bridgehead atoms. The highest BCUT2D eigenvalue weighted by Gasteiger charge is 2.38. The molecule has 2 heteroatoms. The number of benzene rings is 1. The van der Waals surface area contributed by atoms with Gasteiger partial charge in [-0.05, 0) is 56.1 Å². The Morgan fingerprint density at radius 2 is 1.95 bits per heavy atom. The lowest BCUT2D eigenvalue weighted by atomic mass is 9.87. The highest BCUT2D eigenvalue weighted by atomic mass is 79.9. The third-order valence-corrected chi connectivity index (χ3v) is 5.58. The van der Waals surface area contributed by atoms with E-state index in [1.807, 2.05) is 0 Å². The Hall–Kier alpha value is -0.600. The first-order valence-electron chi connectivity index (χ1n) is 7.34. The second-order valence-electron chi connectivity index (χ2n) is 6.14. The summed E-state index contributed by atoms with van der Waals surface area (Å²) >= 11 is 3.65. The summed E-state index contributed by atoms with van der Waals surface area (Å²) in [5.74, 6) is 2.50. The Bertz CT molecular complexity index is 482. The molecular formula is C17H22BrN. The van der Waals surface area contributed by atoms with Crippen LogP contribution in [0.25, 0.3) is 0 Å². The zero-order valence-electron chi connectivity index (χ0n) is 11.6. The van der Waals surface area contributed by atoms with E-state index >= 15 is 0 Å². The van der Waals surface area contributed by atoms with Crippen LogP contribution in [0, 0.1) is 17.8 Å². The number of fused-ring (bicyclic) bond motifs is 2. The molecule has 1 fully saturated rings. The van der Waals surface area contributed by atoms with Gasteiger partial charge in [0, 0.05) is 16.6 Å². The van der Waals surface area contributed by atoms with Crippen molar-refractivity contribution in [1.29, 1.82) is 0 Å². The quantitative estimate of drug-likeness (QED) is 0.793. The zero-order chi connectivity index (χ0) is 13.4. The maximum Gasteiger partial charge on any atom is 0.0305 e. The first-order valence-corrected chi connectivity index (χ1v) is 8.13. The average molecular weight is 320 g/mol. The molecule has 1 nitrogen and oxygen atoms in total. The summed E-state index contributed by atoms with van der Waals surface area (Å²) in [5, 5.41) is 3.80. The molecular weight excluding hydrogens is 298 g/mol. The standard InChI is InChI=1S/C17H22BrN/c1-11(15-5-3-4-6-17(15)18)19-12(2)16-10-13-7-8-14(16)9-13/h3-8,11-14,16,19H,9-10H2,1-2H3/t11-,12?,13?,14?,16?/m0/s1. The van der Waals surface area contributed by atoms with Gasteiger partial charge in [-0.15, -0.1) is 0 Å². The molecule has 102 valence electrons. The second kappa shape index (κ2) is 5.41. The minimum Gasteiger partial charge on any atom is -0.307 e. The molecule has 4 unspecified atom stereocenters. The van der Waals surface area contributed by atoms with Gasteiger partial charge >= 0.3 is 0 Å². The van der Waals surface area contributed by atoms with Crippen LogP contribution in [0.4, 0.5) is 0 Å². The van der Waals surface area contributed by atoms with Gasteiger partial charge in [0.2, 0.25) is 0 Å². The molecule has 1 aromatic rings. The molecule has 2 aliphatic rings. The van der Waals surface area contributed by atoms with Crippen LogP contribution in [0.5, 0.6) is 0 Å². The van der Waals surface area contributed by atoms with Crippen LogP contribution in [-0.2, 0) is 0 Å². The van der Waals surface area contributed by atoms with E-state index in [2.05, 4.69) is 71.5 Å². The topological polar surface area (TPSA) is 12.0 Å². The average Bonchev–Trinajstić information content (AvgIpc) is 3.01. The number of allylic oxidation sites excluding steroid dienone is 2. The monoisotopic (exact) mass is 319 g/mol. The zero-order valence-corrected chi connectivity index (χ0v) is 13.2. The van der Waals surface area contributed by atoms with E-state index in [1.54, 1.807) is 0 Å². The lowest BCUT2D eigenvalue weighted by Gasteiger charge is -2.29. The molecule has 19 heavy (non-hydrogen) atoms. The van der Waals surface area contributed by atoms with Gasteiger partial charge in [-0.25, -0.2) is 0 Å². The minimum atomic E-state index is 0.397. The fraction of sp³-hybridized carbons (Fsp3) is 0.529. The van der Waals surface area contributed by atoms with E-state index in [1.165, 1.54) is 22.9 Å². The van der Waals surface area contributed by atoms with Crippen LogP contribution in [-0.4, -0.2) is 6.04 Å². The number of halogens is 1. The molecule has 2 aliphatic carbocycles. The highest BCUT2D eigenvalue weighted by Crippen LogP contribution is 2.45. The van der Waals surface area contributed by atoms with Gasteiger partial charge in [-0.1, -0.05) is 46.3 Å². The Labute approximate surface area is 124 Å². The van der Waals surface area contributed by atoms with Crippen molar-refractivity contribution in [3.05, 3.63) is 46.5 Å². The van der Waals surface area contributed by atoms with Crippen molar-refractivity contribution in [1.82, 2.24) is 5.32 Å². The van der Waals surface area contributed by atoms with Crippen LogP contribution in [0.3, 0.4) is 0 Å². The molecule has 0 aliphatic heterocycles. The summed E-state index contributed by atoms with van der Waals surface area (Å²) < 4.78 is 1.20. The van der Waals surface area contributed by atoms with Crippen LogP contribution < -0.4 is 5.32 Å². The SMILES string of the molecule is CC(N[C@@H](C)c1ccccc1Br)C1CC2C=CC1C2. The first kappa shape index (κ1) is 13.4. The van der Waals surface area contributed by atoms with Gasteiger partial charge in [0.25, 0.3) is 0 Å². The Morgan fingerprint density at radius 1 is 1.16 bits per heavy atom. The van der Waals surface area contributed by atoms with Gasteiger partial charge in [0.05, 0.1) is 0 Å². The molecule has 0 heterocycles. The predicted octanol–water partition coefficient (Wildman–Crippen LogP) is 4.70. The summed E-state index contributed by atoms with van der Waals surface area (Å²) in [6, 6.07) is 9.50. The lowest BCUT2D eigenvalue weighted by molar-refractivity contribution is 0.307. The Morgan fingerprint density at radius 3 is 2.58 bits per heavy atom. The van der Waals surface area contributed by atoms with Gasteiger partial charge in [-0.2, -0.15) is 0 Å². The molecule has 0 saturated heterocycles. The first-order chi connectivity index (χ1) is 9.15. The van der Waals surface area contributed by atoms with E-state index < -0.39 is 0 Å². The van der Waals surface area contributed by atoms with E-state index in [0.29, 0.717) is 12.1 Å². The van der Waals surface area contributed by atoms with Crippen LogP contribution in [0.2, 0.25) is 0 Å². The molecule has 1 aromatic carbocycles. The molecule has 0 radical (unpaired) electrons. The smallest absolute Gasteiger partial charge is 0.0305 e. The van der Waals surface area contributed by atoms with Gasteiger partial charge in [-0.3, -0.25) is 0 Å². The lowest BCUT2D eigenvalue weighted by Crippen LogP contribution is -2.37. The van der Waals surface area contributed by atoms with E-state index in [4.69, 9.17) is 0 Å². The molecule has 3 rings (SSSR count). The minimum absolute atomic E-state index is 0.397. The van der Waals surface area contributed by atoms with Crippen molar-refractivity contribution >= 4 is 15.9 Å². The summed E-state index contributed by atoms with van der Waals surface area (Å²) in [6.45, 7) is 4.62. The normalized spacial score (nSPS) is 31.6. The van der Waals surface area contributed by atoms with E-state index in [9.17, 15) is 0 Å². The van der Waals surface area contributed by atoms with E-state index in [-0.39, 0.29) is 0 Å². The molecule has 5 atom stereocenters. The van der Waals surface area contributed by atoms with Crippen LogP contribution in [0.15, 0.2) is 40.9 Å². The highest BCUT2D eigenvalue weighted by molar-refractivity contribution is 9.10. The fourth-order valence-electron chi connectivity index (χ4n) is 3.83. The predicted molar refractivity (Wildman–Crippen MR) is 84.0 cm³/mol. The molecule has 1 N–H and O–H groups in total. The largest absolute Gasteiger partial charge is 0.307 e. The molecule has 0 spiro atoms. The Kier molecular flexibility index (Phi) is 3.81. The fourth-order valence-corrected chi connectivity index (χ4v) is 4.46. The summed E-state index contributed by atoms with van der Waals surface area (Å²) in [5.41, 5.74) is 1.35. The van der Waals surface area contributed by atoms with Crippen LogP contribution in [0.1, 0.15) is 38.3 Å². The summed E-state index contributed by atoms with van der Waals surface area (Å²) in [4.78, 5) is 0. The summed E-state index contributed by atoms with van der Waals surface area (Å²) in [6.07, 6.45) is 7.63. The van der Waals surface area contributed by atoms with Crippen molar-refractivity contribution in [2.24, 2.45) is 17.8 Å².